The summed E-state index contributed by atoms with van der Waals surface area (Å²) in [6.07, 6.45) is 3.09. The van der Waals surface area contributed by atoms with Crippen molar-refractivity contribution in [2.45, 2.75) is 31.7 Å². The summed E-state index contributed by atoms with van der Waals surface area (Å²) in [5, 5.41) is 11.7. The number of aryl methyl sites for hydroxylation is 1. The van der Waals surface area contributed by atoms with E-state index in [0.29, 0.717) is 12.5 Å². The molecule has 0 aromatic carbocycles. The average molecular weight is 283 g/mol. The molecule has 1 unspecified atom stereocenters. The van der Waals surface area contributed by atoms with Crippen molar-refractivity contribution in [1.82, 2.24) is 9.88 Å². The largest absolute Gasteiger partial charge is 0.481 e. The fraction of sp³-hybridized carbons (Fsp3) is 0.692. The highest BCUT2D eigenvalue weighted by molar-refractivity contribution is 7.13. The van der Waals surface area contributed by atoms with Crippen LogP contribution in [0.15, 0.2) is 5.38 Å². The number of carboxylic acid groups (broad SMARTS) is 1. The maximum Gasteiger partial charge on any atom is 0.303 e. The Balaban J connectivity index is 1.95. The molecule has 2 heterocycles. The Kier molecular flexibility index (Phi) is 4.76. The van der Waals surface area contributed by atoms with Gasteiger partial charge in [-0.05, 0) is 26.4 Å². The molecule has 2 rings (SSSR count). The normalized spacial score (nSPS) is 20.4. The Bertz CT molecular complexity index is 435. The molecule has 1 aliphatic rings. The number of hydrogen-bond donors (Lipinski definition) is 1. The number of rotatable bonds is 5. The molecule has 1 aromatic rings. The van der Waals surface area contributed by atoms with Crippen LogP contribution in [-0.2, 0) is 11.2 Å². The number of thiazole rings is 1. The Morgan fingerprint density at radius 2 is 2.47 bits per heavy atom. The number of likely N-dealkylation sites (N-methyl/N-ethyl adjacent to an activating group) is 2. The van der Waals surface area contributed by atoms with Crippen molar-refractivity contribution in [3.05, 3.63) is 11.1 Å². The van der Waals surface area contributed by atoms with Gasteiger partial charge in [0.25, 0.3) is 0 Å². The van der Waals surface area contributed by atoms with Gasteiger partial charge < -0.3 is 14.9 Å². The molecular weight excluding hydrogens is 262 g/mol. The molecule has 0 radical (unpaired) electrons. The molecule has 0 bridgehead atoms. The standard InChI is InChI=1S/C13H21N3O2S/c1-15-7-3-4-11(8-15)16(2)13-14-10(9-19-13)5-6-12(17)18/h9,11H,3-8H2,1-2H3,(H,17,18). The number of carbonyl (C=O) groups is 1. The number of likely N-dealkylation sites (tertiary alicyclic amines) is 1. The van der Waals surface area contributed by atoms with Crippen molar-refractivity contribution in [3.8, 4) is 0 Å². The van der Waals surface area contributed by atoms with Crippen molar-refractivity contribution >= 4 is 22.4 Å². The Morgan fingerprint density at radius 3 is 3.16 bits per heavy atom. The minimum atomic E-state index is -0.767. The summed E-state index contributed by atoms with van der Waals surface area (Å²) in [5.74, 6) is -0.767. The number of nitrogens with zero attached hydrogens (tertiary/aromatic N) is 3. The molecular formula is C13H21N3O2S. The number of aromatic nitrogens is 1. The van der Waals surface area contributed by atoms with E-state index in [4.69, 9.17) is 5.11 Å². The number of hydrogen-bond acceptors (Lipinski definition) is 5. The summed E-state index contributed by atoms with van der Waals surface area (Å²) in [6, 6.07) is 0.511. The highest BCUT2D eigenvalue weighted by Gasteiger charge is 2.22. The lowest BCUT2D eigenvalue weighted by atomic mass is 10.1. The third-order valence-corrected chi connectivity index (χ3v) is 4.56. The van der Waals surface area contributed by atoms with E-state index in [2.05, 4.69) is 28.9 Å². The molecule has 1 fully saturated rings. The molecule has 0 amide bonds. The van der Waals surface area contributed by atoms with Crippen LogP contribution in [0.5, 0.6) is 0 Å². The Morgan fingerprint density at radius 1 is 1.68 bits per heavy atom. The van der Waals surface area contributed by atoms with Gasteiger partial charge in [-0.3, -0.25) is 4.79 Å². The number of aliphatic carboxylic acids is 1. The van der Waals surface area contributed by atoms with Gasteiger partial charge in [0, 0.05) is 31.4 Å². The van der Waals surface area contributed by atoms with Crippen LogP contribution in [0, 0.1) is 0 Å². The van der Waals surface area contributed by atoms with Gasteiger partial charge in [-0.2, -0.15) is 0 Å². The van der Waals surface area contributed by atoms with Gasteiger partial charge >= 0.3 is 5.97 Å². The monoisotopic (exact) mass is 283 g/mol. The zero-order chi connectivity index (χ0) is 13.8. The summed E-state index contributed by atoms with van der Waals surface area (Å²) in [4.78, 5) is 19.7. The van der Waals surface area contributed by atoms with E-state index in [1.54, 1.807) is 11.3 Å². The Labute approximate surface area is 117 Å². The highest BCUT2D eigenvalue weighted by atomic mass is 32.1. The molecule has 0 saturated carbocycles. The smallest absolute Gasteiger partial charge is 0.303 e. The second-order valence-corrected chi connectivity index (χ2v) is 6.02. The van der Waals surface area contributed by atoms with Crippen molar-refractivity contribution in [3.63, 3.8) is 0 Å². The minimum Gasteiger partial charge on any atom is -0.481 e. The van der Waals surface area contributed by atoms with Gasteiger partial charge in [-0.25, -0.2) is 4.98 Å². The molecule has 1 N–H and O–H groups in total. The van der Waals surface area contributed by atoms with Gasteiger partial charge in [0.2, 0.25) is 0 Å². The predicted molar refractivity (Wildman–Crippen MR) is 77.0 cm³/mol. The third-order valence-electron chi connectivity index (χ3n) is 3.58. The maximum atomic E-state index is 10.6. The second kappa shape index (κ2) is 6.34. The van der Waals surface area contributed by atoms with E-state index in [0.717, 1.165) is 17.4 Å². The highest BCUT2D eigenvalue weighted by Crippen LogP contribution is 2.25. The molecule has 1 saturated heterocycles. The fourth-order valence-corrected chi connectivity index (χ4v) is 3.32. The van der Waals surface area contributed by atoms with Crippen LogP contribution in [-0.4, -0.2) is 54.2 Å². The maximum absolute atomic E-state index is 10.6. The van der Waals surface area contributed by atoms with Crippen LogP contribution in [0.4, 0.5) is 5.13 Å². The van der Waals surface area contributed by atoms with E-state index in [1.165, 1.54) is 19.4 Å². The molecule has 19 heavy (non-hydrogen) atoms. The quantitative estimate of drug-likeness (QED) is 0.891. The lowest BCUT2D eigenvalue weighted by Crippen LogP contribution is -2.45. The summed E-state index contributed by atoms with van der Waals surface area (Å²) in [5.41, 5.74) is 0.887. The van der Waals surface area contributed by atoms with E-state index >= 15 is 0 Å². The predicted octanol–water partition coefficient (Wildman–Crippen LogP) is 1.69. The molecule has 5 nitrogen and oxygen atoms in total. The number of anilines is 1. The lowest BCUT2D eigenvalue weighted by molar-refractivity contribution is -0.136. The van der Waals surface area contributed by atoms with Gasteiger partial charge in [-0.1, -0.05) is 0 Å². The van der Waals surface area contributed by atoms with Crippen molar-refractivity contribution in [2.24, 2.45) is 0 Å². The minimum absolute atomic E-state index is 0.152. The van der Waals surface area contributed by atoms with Crippen LogP contribution in [0.25, 0.3) is 0 Å². The fourth-order valence-electron chi connectivity index (χ4n) is 2.42. The van der Waals surface area contributed by atoms with Crippen molar-refractivity contribution in [1.29, 1.82) is 0 Å². The number of piperidine rings is 1. The third kappa shape index (κ3) is 3.91. The first-order valence-electron chi connectivity index (χ1n) is 6.64. The first-order chi connectivity index (χ1) is 9.06. The summed E-state index contributed by atoms with van der Waals surface area (Å²) in [6.45, 7) is 2.24. The Hall–Kier alpha value is -1.14. The zero-order valence-electron chi connectivity index (χ0n) is 11.5. The first kappa shape index (κ1) is 14.3. The van der Waals surface area contributed by atoms with Crippen molar-refractivity contribution in [2.75, 3.05) is 32.1 Å². The van der Waals surface area contributed by atoms with Crippen LogP contribution < -0.4 is 4.90 Å². The van der Waals surface area contributed by atoms with Gasteiger partial charge in [-0.15, -0.1) is 11.3 Å². The molecule has 1 aromatic heterocycles. The lowest BCUT2D eigenvalue weighted by Gasteiger charge is -2.35. The molecule has 0 spiro atoms. The van der Waals surface area contributed by atoms with E-state index in [-0.39, 0.29) is 6.42 Å². The van der Waals surface area contributed by atoms with Crippen molar-refractivity contribution < 1.29 is 9.90 Å². The molecule has 6 heteroatoms. The van der Waals surface area contributed by atoms with Crippen LogP contribution in [0.1, 0.15) is 25.0 Å². The second-order valence-electron chi connectivity index (χ2n) is 5.18. The average Bonchev–Trinajstić information content (AvgIpc) is 2.84. The van der Waals surface area contributed by atoms with Crippen LogP contribution >= 0.6 is 11.3 Å². The zero-order valence-corrected chi connectivity index (χ0v) is 12.3. The number of carboxylic acids is 1. The molecule has 0 aliphatic carbocycles. The van der Waals surface area contributed by atoms with Gasteiger partial charge in [0.15, 0.2) is 5.13 Å². The molecule has 1 atom stereocenters. The van der Waals surface area contributed by atoms with Gasteiger partial charge in [0.05, 0.1) is 12.1 Å². The van der Waals surface area contributed by atoms with E-state index < -0.39 is 5.97 Å². The summed E-state index contributed by atoms with van der Waals surface area (Å²) < 4.78 is 0. The molecule has 106 valence electrons. The van der Waals surface area contributed by atoms with Crippen LogP contribution in [0.2, 0.25) is 0 Å². The summed E-state index contributed by atoms with van der Waals surface area (Å²) in [7, 11) is 4.24. The topological polar surface area (TPSA) is 56.7 Å². The van der Waals surface area contributed by atoms with Gasteiger partial charge in [0.1, 0.15) is 0 Å². The molecule has 1 aliphatic heterocycles. The first-order valence-corrected chi connectivity index (χ1v) is 7.52. The van der Waals surface area contributed by atoms with Crippen LogP contribution in [0.3, 0.4) is 0 Å². The van der Waals surface area contributed by atoms with E-state index in [9.17, 15) is 4.79 Å². The summed E-state index contributed by atoms with van der Waals surface area (Å²) >= 11 is 1.61. The SMILES string of the molecule is CN1CCCC(N(C)c2nc(CCC(=O)O)cs2)C1. The van der Waals surface area contributed by atoms with E-state index in [1.807, 2.05) is 5.38 Å².